The van der Waals surface area contributed by atoms with Crippen molar-refractivity contribution in [1.29, 1.82) is 0 Å². The zero-order valence-corrected chi connectivity index (χ0v) is 64.6. The number of carbonyl (C=O) groups is 4. The van der Waals surface area contributed by atoms with Crippen LogP contribution in [0, 0.1) is 0 Å². The summed E-state index contributed by atoms with van der Waals surface area (Å²) in [5.41, 5.74) is -11.8. The number of amides is 4. The molecule has 0 radical (unpaired) electrons. The van der Waals surface area contributed by atoms with Crippen LogP contribution in [-0.2, 0) is 37.1 Å². The fraction of sp³-hybridized carbons (Fsp3) is 0.222. The number of aromatic nitrogens is 20. The molecule has 4 amide bonds. The van der Waals surface area contributed by atoms with E-state index in [1.807, 2.05) is 0 Å². The van der Waals surface area contributed by atoms with Crippen molar-refractivity contribution in [2.24, 2.45) is 0 Å². The van der Waals surface area contributed by atoms with Gasteiger partial charge in [0.05, 0.1) is 156 Å². The second kappa shape index (κ2) is 32.2. The zero-order valence-electron chi connectivity index (χ0n) is 63.1. The van der Waals surface area contributed by atoms with Crippen molar-refractivity contribution in [3.8, 4) is 22.7 Å². The number of hydrogen-bond donors (Lipinski definition) is 8. The molecule has 0 aliphatic carbocycles. The van der Waals surface area contributed by atoms with E-state index in [2.05, 4.69) is 82.0 Å². The third kappa shape index (κ3) is 16.8. The largest absolute Gasteiger partial charge is 0.417 e. The Morgan fingerprint density at radius 2 is 0.581 bits per heavy atom. The quantitative estimate of drug-likeness (QED) is 0.0655. The summed E-state index contributed by atoms with van der Waals surface area (Å²) >= 11 is 11.3. The van der Waals surface area contributed by atoms with Crippen molar-refractivity contribution in [2.45, 2.75) is 90.7 Å². The Hall–Kier alpha value is -14.4. The molecule has 0 fully saturated rings. The molecular formula is C72H52Cl2F18N24O8. The highest BCUT2D eigenvalue weighted by Gasteiger charge is 2.41. The molecule has 12 aromatic heterocycles. The molecule has 0 unspecified atom stereocenters. The number of nitrogens with zero attached hydrogens (tertiary/aromatic N) is 16. The van der Waals surface area contributed by atoms with Gasteiger partial charge < -0.3 is 21.3 Å². The van der Waals surface area contributed by atoms with Crippen LogP contribution in [0.4, 0.5) is 98.2 Å². The predicted molar refractivity (Wildman–Crippen MR) is 407 cm³/mol. The lowest BCUT2D eigenvalue weighted by molar-refractivity contribution is -0.144. The molecule has 12 heterocycles. The molecule has 16 rings (SSSR count). The molecule has 0 saturated heterocycles. The molecule has 0 atom stereocenters. The van der Waals surface area contributed by atoms with Crippen LogP contribution in [0.1, 0.15) is 74.9 Å². The number of benzene rings is 4. The Bertz CT molecular complexity index is 7160. The van der Waals surface area contributed by atoms with Crippen LogP contribution in [0.25, 0.3) is 110 Å². The first-order chi connectivity index (χ1) is 58.0. The lowest BCUT2D eigenvalue weighted by atomic mass is 10.1. The molecule has 8 N–H and O–H groups in total. The Morgan fingerprint density at radius 1 is 0.339 bits per heavy atom. The summed E-state index contributed by atoms with van der Waals surface area (Å²) in [6.07, 6.45) is -19.9. The van der Waals surface area contributed by atoms with Crippen molar-refractivity contribution in [2.75, 3.05) is 13.1 Å². The van der Waals surface area contributed by atoms with Crippen molar-refractivity contribution in [3.63, 3.8) is 0 Å². The highest BCUT2D eigenvalue weighted by atomic mass is 35.5. The lowest BCUT2D eigenvalue weighted by Crippen LogP contribution is -2.34. The van der Waals surface area contributed by atoms with Crippen LogP contribution in [-0.4, -0.2) is 147 Å². The first-order valence-corrected chi connectivity index (χ1v) is 36.2. The maximum Gasteiger partial charge on any atom is 0.417 e. The minimum absolute atomic E-state index is 0.0334. The summed E-state index contributed by atoms with van der Waals surface area (Å²) in [6.45, 7) is 11.1. The fourth-order valence-electron chi connectivity index (χ4n) is 12.4. The summed E-state index contributed by atoms with van der Waals surface area (Å²) in [7, 11) is 0. The number of carbonyl (C=O) groups excluding carboxylic acids is 4. The van der Waals surface area contributed by atoms with E-state index >= 15 is 0 Å². The number of hydrogen-bond acceptors (Lipinski definition) is 16. The molecule has 0 bridgehead atoms. The van der Waals surface area contributed by atoms with Crippen LogP contribution >= 0.6 is 23.2 Å². The second-order valence-corrected chi connectivity index (χ2v) is 27.9. The van der Waals surface area contributed by atoms with Gasteiger partial charge in [-0.2, -0.15) is 118 Å². The number of aromatic amines is 4. The van der Waals surface area contributed by atoms with Gasteiger partial charge in [0.15, 0.2) is 22.6 Å². The van der Waals surface area contributed by atoms with Crippen LogP contribution in [0.2, 0.25) is 10.0 Å². The van der Waals surface area contributed by atoms with E-state index in [1.54, 1.807) is 41.5 Å². The summed E-state index contributed by atoms with van der Waals surface area (Å²) in [4.78, 5) is 116. The van der Waals surface area contributed by atoms with E-state index < -0.39 is 138 Å². The molecular weight excluding hydrogens is 1740 g/mol. The first kappa shape index (κ1) is 87.5. The first-order valence-electron chi connectivity index (χ1n) is 35.4. The van der Waals surface area contributed by atoms with Gasteiger partial charge in [-0.3, -0.25) is 39.6 Å². The Balaban J connectivity index is 0.000000142. The minimum Gasteiger partial charge on any atom is -0.336 e. The summed E-state index contributed by atoms with van der Waals surface area (Å²) in [5.74, 6) is 0. The number of alkyl halides is 18. The number of halogens is 20. The molecule has 4 aromatic carbocycles. The van der Waals surface area contributed by atoms with Gasteiger partial charge in [0.2, 0.25) is 0 Å². The van der Waals surface area contributed by atoms with Crippen molar-refractivity contribution >= 4 is 135 Å². The molecule has 648 valence electrons. The van der Waals surface area contributed by atoms with Crippen LogP contribution in [0.3, 0.4) is 0 Å². The van der Waals surface area contributed by atoms with Crippen LogP contribution in [0.5, 0.6) is 0 Å². The van der Waals surface area contributed by atoms with Gasteiger partial charge in [-0.1, -0.05) is 23.2 Å². The highest BCUT2D eigenvalue weighted by Crippen LogP contribution is 2.42. The standard InChI is InChI=1S/C19H14F6N6O2.C18H14ClF3N6O2.C18H12F6N6O2.C17H12ClF3N6O2/c1-8(2)28-17(33)31-15-12(7-27-31)14-13(6-26-15)16(32)30(29-14)11-4-9(18(20,21)22)3-10(5-11)19(23,24)25;1-8(2)25-17(30)28-15-10(7-24-28)14-11(6-23-15)16(29)27(26-14)9-3-4-13(19)12(5-9)18(20,21)22;1-2-25-16(32)30-14-11(7-27-30)13-12(6-26-14)15(31)29(28-13)10-4-8(17(19,20)21)3-9(5-10)18(22,23)24;1-2-22-16(29)27-14-9(7-24-27)13-10(6-23-14)15(28)26(25-13)8-3-4-12(18)11(5-8)17(19,20)21/h3-8,29H,1-2H3,(H,28,33);3-8,26H,1-2H3,(H,25,30);3-7,28H,2H2,1H3,(H,25,32);3-7,25H,2H2,1H3,(H,22,29). The van der Waals surface area contributed by atoms with Gasteiger partial charge in [0.1, 0.15) is 0 Å². The van der Waals surface area contributed by atoms with E-state index in [4.69, 9.17) is 23.2 Å². The summed E-state index contributed by atoms with van der Waals surface area (Å²) < 4.78 is 244. The number of pyridine rings is 4. The van der Waals surface area contributed by atoms with E-state index in [1.165, 1.54) is 49.3 Å². The van der Waals surface area contributed by atoms with Crippen molar-refractivity contribution in [1.82, 2.24) is 119 Å². The zero-order chi connectivity index (χ0) is 90.4. The van der Waals surface area contributed by atoms with Crippen LogP contribution in [0.15, 0.2) is 142 Å². The molecule has 52 heteroatoms. The topological polar surface area (TPSA) is 390 Å². The average molecular weight is 1790 g/mol. The second-order valence-electron chi connectivity index (χ2n) is 27.1. The van der Waals surface area contributed by atoms with E-state index in [0.717, 1.165) is 64.7 Å². The lowest BCUT2D eigenvalue weighted by Gasteiger charge is -2.14. The van der Waals surface area contributed by atoms with Gasteiger partial charge in [0, 0.05) is 50.0 Å². The van der Waals surface area contributed by atoms with Gasteiger partial charge >= 0.3 is 61.2 Å². The fourth-order valence-corrected chi connectivity index (χ4v) is 12.9. The summed E-state index contributed by atoms with van der Waals surface area (Å²) in [6, 6.07) is 5.35. The summed E-state index contributed by atoms with van der Waals surface area (Å²) in [5, 5.41) is 36.9. The molecule has 124 heavy (non-hydrogen) atoms. The third-order valence-corrected chi connectivity index (χ3v) is 18.6. The number of H-pyrrole nitrogens is 4. The average Bonchev–Trinajstić information content (AvgIpc) is 1.62. The smallest absolute Gasteiger partial charge is 0.336 e. The van der Waals surface area contributed by atoms with Crippen molar-refractivity contribution in [3.05, 3.63) is 207 Å². The SMILES string of the molecule is CC(C)NC(=O)n1ncc2c3[nH]n(-c4cc(C(F)(F)F)cc(C(F)(F)F)c4)c(=O)c3cnc21.CC(C)NC(=O)n1ncc2c3[nH]n(-c4ccc(Cl)c(C(F)(F)F)c4)c(=O)c3cnc21.CCNC(=O)n1ncc2c3[nH]n(-c4cc(C(F)(F)F)cc(C(F)(F)F)c4)c(=O)c3cnc21.CCNC(=O)n1ncc2c3[nH]n(-c4ccc(Cl)c(C(F)(F)F)c4)c(=O)c3cnc21. The molecule has 0 spiro atoms. The Labute approximate surface area is 683 Å². The van der Waals surface area contributed by atoms with E-state index in [-0.39, 0.29) is 107 Å². The van der Waals surface area contributed by atoms with E-state index in [9.17, 15) is 117 Å². The maximum absolute atomic E-state index is 13.2. The predicted octanol–water partition coefficient (Wildman–Crippen LogP) is 14.8. The van der Waals surface area contributed by atoms with Gasteiger partial charge in [-0.25, -0.2) is 57.8 Å². The molecule has 0 saturated carbocycles. The number of nitrogens with one attached hydrogen (secondary N) is 8. The van der Waals surface area contributed by atoms with Crippen LogP contribution < -0.4 is 43.5 Å². The Morgan fingerprint density at radius 3 is 0.806 bits per heavy atom. The third-order valence-electron chi connectivity index (χ3n) is 18.0. The maximum atomic E-state index is 13.2. The van der Waals surface area contributed by atoms with E-state index in [0.29, 0.717) is 63.0 Å². The molecule has 0 aliphatic rings. The Kier molecular flexibility index (Phi) is 22.7. The molecule has 32 nitrogen and oxygen atoms in total. The monoisotopic (exact) mass is 1790 g/mol. The molecule has 16 aromatic rings. The number of fused-ring (bicyclic) bond motifs is 12. The highest BCUT2D eigenvalue weighted by molar-refractivity contribution is 6.32. The van der Waals surface area contributed by atoms with Crippen molar-refractivity contribution < 1.29 is 98.2 Å². The molecule has 0 aliphatic heterocycles. The number of rotatable bonds is 8. The van der Waals surface area contributed by atoms with Gasteiger partial charge in [0.25, 0.3) is 22.2 Å². The van der Waals surface area contributed by atoms with Gasteiger partial charge in [-0.15, -0.1) is 0 Å². The minimum atomic E-state index is -5.08. The van der Waals surface area contributed by atoms with Gasteiger partial charge in [-0.05, 0) is 114 Å². The normalized spacial score (nSPS) is 12.4.